The third-order valence-corrected chi connectivity index (χ3v) is 10.8. The van der Waals surface area contributed by atoms with Crippen LogP contribution in [0.4, 0.5) is 0 Å². The van der Waals surface area contributed by atoms with E-state index in [-0.39, 0.29) is 32.5 Å². The first-order chi connectivity index (χ1) is 24.5. The fourth-order valence-electron chi connectivity index (χ4n) is 6.71. The molecule has 0 fully saturated rings. The number of hydrogen-bond donors (Lipinski definition) is 0. The van der Waals surface area contributed by atoms with Gasteiger partial charge in [0.2, 0.25) is 0 Å². The van der Waals surface area contributed by atoms with Gasteiger partial charge in [-0.1, -0.05) is 173 Å². The molecule has 0 radical (unpaired) electrons. The van der Waals surface area contributed by atoms with Crippen LogP contribution in [-0.4, -0.2) is 9.97 Å². The number of rotatable bonds is 4. The highest BCUT2D eigenvalue weighted by Gasteiger charge is 2.25. The molecule has 0 saturated heterocycles. The van der Waals surface area contributed by atoms with Crippen LogP contribution < -0.4 is 0 Å². The van der Waals surface area contributed by atoms with Gasteiger partial charge in [0, 0.05) is 17.3 Å². The summed E-state index contributed by atoms with van der Waals surface area (Å²) in [6.07, 6.45) is 1.93. The summed E-state index contributed by atoms with van der Waals surface area (Å²) in [5.41, 5.74) is 16.0. The molecule has 54 heavy (non-hydrogen) atoms. The van der Waals surface area contributed by atoms with Gasteiger partial charge < -0.3 is 0 Å². The Morgan fingerprint density at radius 3 is 0.889 bits per heavy atom. The predicted molar refractivity (Wildman–Crippen MR) is 236 cm³/mol. The molecule has 0 spiro atoms. The minimum absolute atomic E-state index is 0.0285. The Balaban J connectivity index is 1.72. The molecule has 2 nitrogen and oxygen atoms in total. The molecule has 0 amide bonds. The van der Waals surface area contributed by atoms with Gasteiger partial charge in [-0.3, -0.25) is 0 Å². The molecule has 1 aromatic heterocycles. The van der Waals surface area contributed by atoms with Crippen molar-refractivity contribution in [2.24, 2.45) is 0 Å². The van der Waals surface area contributed by atoms with E-state index in [4.69, 9.17) is 9.97 Å². The summed E-state index contributed by atoms with van der Waals surface area (Å²) in [5, 5.41) is 0. The van der Waals surface area contributed by atoms with E-state index >= 15 is 0 Å². The number of benzene rings is 4. The minimum Gasteiger partial charge on any atom is -0.237 e. The van der Waals surface area contributed by atoms with E-state index in [0.717, 1.165) is 22.6 Å². The molecule has 4 aromatic carbocycles. The molecular formula is C52H68N2. The Morgan fingerprint density at radius 1 is 0.296 bits per heavy atom. The van der Waals surface area contributed by atoms with Crippen molar-refractivity contribution < 1.29 is 0 Å². The maximum absolute atomic E-state index is 5.35. The summed E-state index contributed by atoms with van der Waals surface area (Å²) in [5.74, 6) is 0.746. The van der Waals surface area contributed by atoms with Gasteiger partial charge in [-0.2, -0.15) is 0 Å². The first-order valence-electron chi connectivity index (χ1n) is 20.0. The highest BCUT2D eigenvalue weighted by molar-refractivity contribution is 5.77. The summed E-state index contributed by atoms with van der Waals surface area (Å²) in [4.78, 5) is 10.3. The third kappa shape index (κ3) is 9.42. The molecule has 1 heterocycles. The predicted octanol–water partition coefficient (Wildman–Crippen LogP) is 14.9. The average molecular weight is 721 g/mol. The van der Waals surface area contributed by atoms with Crippen LogP contribution >= 0.6 is 0 Å². The first-order valence-corrected chi connectivity index (χ1v) is 20.0. The van der Waals surface area contributed by atoms with Crippen molar-refractivity contribution in [3.63, 3.8) is 0 Å². The molecule has 286 valence electrons. The summed E-state index contributed by atoms with van der Waals surface area (Å²) in [6, 6.07) is 30.4. The Morgan fingerprint density at radius 2 is 0.556 bits per heavy atom. The van der Waals surface area contributed by atoms with Gasteiger partial charge in [0.05, 0.1) is 5.69 Å². The zero-order valence-electron chi connectivity index (χ0n) is 37.0. The van der Waals surface area contributed by atoms with Crippen molar-refractivity contribution >= 4 is 0 Å². The Labute approximate surface area is 329 Å². The van der Waals surface area contributed by atoms with Crippen molar-refractivity contribution in [2.45, 2.75) is 157 Å². The van der Waals surface area contributed by atoms with E-state index in [9.17, 15) is 0 Å². The Hall–Kier alpha value is -4.04. The third-order valence-electron chi connectivity index (χ3n) is 10.8. The van der Waals surface area contributed by atoms with Gasteiger partial charge in [0.25, 0.3) is 0 Å². The lowest BCUT2D eigenvalue weighted by Gasteiger charge is -2.27. The summed E-state index contributed by atoms with van der Waals surface area (Å²) in [7, 11) is 0. The summed E-state index contributed by atoms with van der Waals surface area (Å²) < 4.78 is 0. The molecule has 0 aliphatic heterocycles. The van der Waals surface area contributed by atoms with Crippen molar-refractivity contribution in [1.82, 2.24) is 9.97 Å². The van der Waals surface area contributed by atoms with Crippen LogP contribution in [0.3, 0.4) is 0 Å². The van der Waals surface area contributed by atoms with Crippen molar-refractivity contribution in [2.75, 3.05) is 0 Å². The first kappa shape index (κ1) is 41.1. The smallest absolute Gasteiger partial charge is 0.159 e. The highest BCUT2D eigenvalue weighted by Crippen LogP contribution is 2.40. The summed E-state index contributed by atoms with van der Waals surface area (Å²) in [6.45, 7) is 41.4. The van der Waals surface area contributed by atoms with E-state index in [1.807, 2.05) is 6.20 Å². The maximum Gasteiger partial charge on any atom is 0.159 e. The van der Waals surface area contributed by atoms with E-state index in [1.165, 1.54) is 55.6 Å². The highest BCUT2D eigenvalue weighted by atomic mass is 14.9. The minimum atomic E-state index is -0.0553. The van der Waals surface area contributed by atoms with Gasteiger partial charge >= 0.3 is 0 Å². The van der Waals surface area contributed by atoms with Gasteiger partial charge in [0.1, 0.15) is 0 Å². The van der Waals surface area contributed by atoms with E-state index in [1.54, 1.807) is 0 Å². The molecule has 5 rings (SSSR count). The second-order valence-corrected chi connectivity index (χ2v) is 22.0. The number of nitrogens with zero attached hydrogens (tertiary/aromatic N) is 2. The fraction of sp³-hybridized carbons (Fsp3) is 0.462. The van der Waals surface area contributed by atoms with Gasteiger partial charge in [0.15, 0.2) is 5.82 Å². The zero-order chi connectivity index (χ0) is 40.4. The molecule has 0 unspecified atom stereocenters. The van der Waals surface area contributed by atoms with Crippen LogP contribution in [0, 0.1) is 0 Å². The molecule has 5 aromatic rings. The molecule has 0 aliphatic rings. The average Bonchev–Trinajstić information content (AvgIpc) is 3.05. The quantitative estimate of drug-likeness (QED) is 0.185. The lowest BCUT2D eigenvalue weighted by Crippen LogP contribution is -2.16. The fourth-order valence-corrected chi connectivity index (χ4v) is 6.71. The largest absolute Gasteiger partial charge is 0.237 e. The standard InChI is InChI=1S/C52H68N2/c1-47(2,3)39-23-33(35-25-41(49(7,8)9)31-42(26-35)50(10,11)12)21-37(29-39)45-19-20-53-46(54-45)38-22-34(24-40(30-38)48(4,5)6)36-27-43(51(13,14)15)32-44(28-36)52(16,17)18/h19-32H,1-18H3. The molecule has 0 aliphatic carbocycles. The number of aromatic nitrogens is 2. The van der Waals surface area contributed by atoms with E-state index < -0.39 is 0 Å². The SMILES string of the molecule is CC(C)(C)c1cc(-c2cc(C(C)(C)C)cc(C(C)(C)C)c2)cc(-c2ccnc(-c3cc(-c4cc(C(C)(C)C)cc(C(C)(C)C)c4)cc(C(C)(C)C)c3)n2)c1. The van der Waals surface area contributed by atoms with Crippen molar-refractivity contribution in [3.05, 3.63) is 118 Å². The van der Waals surface area contributed by atoms with Gasteiger partial charge in [-0.15, -0.1) is 0 Å². The maximum atomic E-state index is 5.35. The zero-order valence-corrected chi connectivity index (χ0v) is 37.0. The molecule has 2 heteroatoms. The van der Waals surface area contributed by atoms with Crippen molar-refractivity contribution in [1.29, 1.82) is 0 Å². The lowest BCUT2D eigenvalue weighted by molar-refractivity contribution is 0.568. The Kier molecular flexibility index (Phi) is 10.6. The molecular weight excluding hydrogens is 653 g/mol. The molecule has 0 N–H and O–H groups in total. The second kappa shape index (κ2) is 13.9. The molecule has 0 bridgehead atoms. The Bertz CT molecular complexity index is 1940. The van der Waals surface area contributed by atoms with E-state index in [2.05, 4.69) is 203 Å². The van der Waals surface area contributed by atoms with Crippen LogP contribution in [0.5, 0.6) is 0 Å². The van der Waals surface area contributed by atoms with Crippen LogP contribution in [0.1, 0.15) is 158 Å². The topological polar surface area (TPSA) is 25.8 Å². The van der Waals surface area contributed by atoms with Gasteiger partial charge in [-0.05, 0) is 118 Å². The van der Waals surface area contributed by atoms with E-state index in [0.29, 0.717) is 0 Å². The van der Waals surface area contributed by atoms with Crippen LogP contribution in [-0.2, 0) is 32.5 Å². The van der Waals surface area contributed by atoms with Crippen LogP contribution in [0.25, 0.3) is 44.9 Å². The number of hydrogen-bond acceptors (Lipinski definition) is 2. The van der Waals surface area contributed by atoms with Gasteiger partial charge in [-0.25, -0.2) is 9.97 Å². The van der Waals surface area contributed by atoms with Crippen LogP contribution in [0.15, 0.2) is 85.1 Å². The molecule has 0 atom stereocenters. The monoisotopic (exact) mass is 721 g/mol. The summed E-state index contributed by atoms with van der Waals surface area (Å²) >= 11 is 0. The van der Waals surface area contributed by atoms with Crippen molar-refractivity contribution in [3.8, 4) is 44.9 Å². The van der Waals surface area contributed by atoms with Crippen LogP contribution in [0.2, 0.25) is 0 Å². The molecule has 0 saturated carbocycles. The lowest BCUT2D eigenvalue weighted by atomic mass is 9.78. The normalized spacial score (nSPS) is 13.4. The second-order valence-electron chi connectivity index (χ2n) is 22.0.